The number of benzene rings is 11. The maximum atomic E-state index is 2.41. The van der Waals surface area contributed by atoms with E-state index in [2.05, 4.69) is 218 Å². The van der Waals surface area contributed by atoms with Crippen molar-refractivity contribution in [1.29, 1.82) is 0 Å². The van der Waals surface area contributed by atoms with E-state index in [-0.39, 0.29) is 0 Å². The van der Waals surface area contributed by atoms with Crippen LogP contribution in [-0.4, -0.2) is 0 Å². The minimum absolute atomic E-state index is 1.21. The Kier molecular flexibility index (Phi) is 7.60. The monoisotopic (exact) mass is 708 g/mol. The van der Waals surface area contributed by atoms with E-state index >= 15 is 0 Å². The van der Waals surface area contributed by atoms with Crippen LogP contribution in [0.15, 0.2) is 218 Å². The Morgan fingerprint density at radius 1 is 0.179 bits per heavy atom. The van der Waals surface area contributed by atoms with Gasteiger partial charge in [0.15, 0.2) is 0 Å². The highest BCUT2D eigenvalue weighted by Crippen LogP contribution is 2.46. The van der Waals surface area contributed by atoms with E-state index < -0.39 is 0 Å². The standard InChI is InChI=1S/C56H36/c1-2-17-40-34-45(31-30-37(40)14-1)54-48-24-6-4-16-39(48)32-33-49(54)42-20-12-22-44(36-42)56-52-27-9-7-25-50(52)55(51-26-8-10-28-53(51)56)43-21-11-19-41(35-43)47-29-13-18-38-15-3-5-23-46(38)47/h1-36H. The van der Waals surface area contributed by atoms with Gasteiger partial charge in [0.2, 0.25) is 0 Å². The molecule has 0 N–H and O–H groups in total. The summed E-state index contributed by atoms with van der Waals surface area (Å²) in [6.07, 6.45) is 0. The third-order valence-corrected chi connectivity index (χ3v) is 11.6. The number of rotatable bonds is 5. The molecule has 0 aromatic heterocycles. The third-order valence-electron chi connectivity index (χ3n) is 11.6. The van der Waals surface area contributed by atoms with Gasteiger partial charge in [-0.25, -0.2) is 0 Å². The van der Waals surface area contributed by atoms with Gasteiger partial charge in [-0.1, -0.05) is 200 Å². The van der Waals surface area contributed by atoms with Crippen LogP contribution in [0.3, 0.4) is 0 Å². The van der Waals surface area contributed by atoms with E-state index in [0.717, 1.165) is 0 Å². The Hall–Kier alpha value is -7.28. The predicted molar refractivity (Wildman–Crippen MR) is 241 cm³/mol. The highest BCUT2D eigenvalue weighted by atomic mass is 14.2. The molecule has 0 nitrogen and oxygen atoms in total. The molecule has 0 fully saturated rings. The van der Waals surface area contributed by atoms with Crippen molar-refractivity contribution in [3.63, 3.8) is 0 Å². The molecule has 0 aliphatic heterocycles. The van der Waals surface area contributed by atoms with Crippen molar-refractivity contribution >= 4 is 53.9 Å². The maximum absolute atomic E-state index is 2.41. The number of fused-ring (bicyclic) bond motifs is 5. The van der Waals surface area contributed by atoms with Crippen LogP contribution in [0.25, 0.3) is 109 Å². The Morgan fingerprint density at radius 2 is 0.589 bits per heavy atom. The molecular formula is C56H36. The molecule has 0 saturated carbocycles. The van der Waals surface area contributed by atoms with E-state index in [9.17, 15) is 0 Å². The van der Waals surface area contributed by atoms with Gasteiger partial charge in [0.05, 0.1) is 0 Å². The molecule has 56 heavy (non-hydrogen) atoms. The van der Waals surface area contributed by atoms with Crippen LogP contribution in [0.5, 0.6) is 0 Å². The largest absolute Gasteiger partial charge is 0.0616 e. The fourth-order valence-electron chi connectivity index (χ4n) is 9.08. The smallest absolute Gasteiger partial charge is 0.00262 e. The van der Waals surface area contributed by atoms with Gasteiger partial charge < -0.3 is 0 Å². The van der Waals surface area contributed by atoms with Crippen molar-refractivity contribution in [3.05, 3.63) is 218 Å². The highest BCUT2D eigenvalue weighted by Gasteiger charge is 2.19. The van der Waals surface area contributed by atoms with E-state index in [0.29, 0.717) is 0 Å². The number of hydrogen-bond donors (Lipinski definition) is 0. The molecule has 0 spiro atoms. The van der Waals surface area contributed by atoms with Crippen LogP contribution in [0.2, 0.25) is 0 Å². The summed E-state index contributed by atoms with van der Waals surface area (Å²) in [7, 11) is 0. The predicted octanol–water partition coefficient (Wildman–Crippen LogP) is 15.8. The average molecular weight is 709 g/mol. The first kappa shape index (κ1) is 32.2. The first-order valence-corrected chi connectivity index (χ1v) is 19.4. The van der Waals surface area contributed by atoms with Gasteiger partial charge in [0.25, 0.3) is 0 Å². The minimum Gasteiger partial charge on any atom is -0.0616 e. The Labute approximate surface area is 326 Å². The van der Waals surface area contributed by atoms with Crippen molar-refractivity contribution < 1.29 is 0 Å². The SMILES string of the molecule is c1cc(-c2ccc3ccccc3c2-c2ccc3ccccc3c2)cc(-c2c3ccccc3c(-c3cccc(-c4cccc5ccccc45)c3)c3ccccc23)c1. The summed E-state index contributed by atoms with van der Waals surface area (Å²) >= 11 is 0. The summed E-state index contributed by atoms with van der Waals surface area (Å²) in [5.74, 6) is 0. The van der Waals surface area contributed by atoms with E-state index in [1.165, 1.54) is 109 Å². The molecular weight excluding hydrogens is 673 g/mol. The quantitative estimate of drug-likeness (QED) is 0.156. The molecule has 0 bridgehead atoms. The lowest BCUT2D eigenvalue weighted by molar-refractivity contribution is 1.61. The lowest BCUT2D eigenvalue weighted by atomic mass is 9.84. The van der Waals surface area contributed by atoms with Crippen LogP contribution >= 0.6 is 0 Å². The second-order valence-electron chi connectivity index (χ2n) is 14.8. The number of hydrogen-bond acceptors (Lipinski definition) is 0. The molecule has 0 unspecified atom stereocenters. The Balaban J connectivity index is 1.12. The van der Waals surface area contributed by atoms with Gasteiger partial charge in [-0.3, -0.25) is 0 Å². The molecule has 0 aliphatic carbocycles. The van der Waals surface area contributed by atoms with Gasteiger partial charge >= 0.3 is 0 Å². The molecule has 11 aromatic rings. The normalized spacial score (nSPS) is 11.6. The molecule has 11 aromatic carbocycles. The molecule has 0 radical (unpaired) electrons. The summed E-state index contributed by atoms with van der Waals surface area (Å²) in [6, 6.07) is 80.4. The lowest BCUT2D eigenvalue weighted by Crippen LogP contribution is -1.92. The van der Waals surface area contributed by atoms with Crippen LogP contribution in [0.4, 0.5) is 0 Å². The first-order chi connectivity index (χ1) is 27.8. The van der Waals surface area contributed by atoms with E-state index in [1.54, 1.807) is 0 Å². The molecule has 0 saturated heterocycles. The van der Waals surface area contributed by atoms with Crippen molar-refractivity contribution in [2.24, 2.45) is 0 Å². The van der Waals surface area contributed by atoms with Crippen molar-refractivity contribution in [3.8, 4) is 55.6 Å². The fraction of sp³-hybridized carbons (Fsp3) is 0. The molecule has 11 rings (SSSR count). The van der Waals surface area contributed by atoms with Crippen LogP contribution in [0, 0.1) is 0 Å². The Bertz CT molecular complexity index is 3250. The summed E-state index contributed by atoms with van der Waals surface area (Å²) in [6.45, 7) is 0. The van der Waals surface area contributed by atoms with E-state index in [1.807, 2.05) is 0 Å². The van der Waals surface area contributed by atoms with Crippen LogP contribution < -0.4 is 0 Å². The van der Waals surface area contributed by atoms with Crippen molar-refractivity contribution in [2.45, 2.75) is 0 Å². The van der Waals surface area contributed by atoms with Gasteiger partial charge in [0.1, 0.15) is 0 Å². The second kappa shape index (κ2) is 13.2. The summed E-state index contributed by atoms with van der Waals surface area (Å²) in [5, 5.41) is 12.5. The second-order valence-corrected chi connectivity index (χ2v) is 14.8. The van der Waals surface area contributed by atoms with Crippen molar-refractivity contribution in [1.82, 2.24) is 0 Å². The van der Waals surface area contributed by atoms with Gasteiger partial charge in [-0.2, -0.15) is 0 Å². The zero-order valence-electron chi connectivity index (χ0n) is 30.8. The fourth-order valence-corrected chi connectivity index (χ4v) is 9.08. The maximum Gasteiger partial charge on any atom is -0.00262 e. The Morgan fingerprint density at radius 3 is 1.21 bits per heavy atom. The summed E-state index contributed by atoms with van der Waals surface area (Å²) < 4.78 is 0. The van der Waals surface area contributed by atoms with Gasteiger partial charge in [-0.15, -0.1) is 0 Å². The lowest BCUT2D eigenvalue weighted by Gasteiger charge is -2.19. The molecule has 0 aliphatic rings. The van der Waals surface area contributed by atoms with Crippen molar-refractivity contribution in [2.75, 3.05) is 0 Å². The zero-order valence-corrected chi connectivity index (χ0v) is 30.8. The first-order valence-electron chi connectivity index (χ1n) is 19.4. The van der Waals surface area contributed by atoms with Crippen LogP contribution in [-0.2, 0) is 0 Å². The molecule has 0 amide bonds. The molecule has 0 heteroatoms. The summed E-state index contributed by atoms with van der Waals surface area (Å²) in [5.41, 5.74) is 12.4. The van der Waals surface area contributed by atoms with Gasteiger partial charge in [-0.05, 0) is 128 Å². The van der Waals surface area contributed by atoms with Crippen LogP contribution in [0.1, 0.15) is 0 Å². The average Bonchev–Trinajstić information content (AvgIpc) is 3.27. The third kappa shape index (κ3) is 5.30. The molecule has 260 valence electrons. The molecule has 0 atom stereocenters. The van der Waals surface area contributed by atoms with E-state index in [4.69, 9.17) is 0 Å². The zero-order chi connectivity index (χ0) is 37.0. The van der Waals surface area contributed by atoms with Gasteiger partial charge in [0, 0.05) is 0 Å². The highest BCUT2D eigenvalue weighted by molar-refractivity contribution is 6.22. The topological polar surface area (TPSA) is 0 Å². The summed E-state index contributed by atoms with van der Waals surface area (Å²) in [4.78, 5) is 0. The molecule has 0 heterocycles. The minimum atomic E-state index is 1.21.